The maximum atomic E-state index is 13.5. The van der Waals surface area contributed by atoms with Crippen LogP contribution in [0.25, 0.3) is 10.9 Å². The van der Waals surface area contributed by atoms with Crippen LogP contribution in [0.1, 0.15) is 5.56 Å². The second-order valence-electron chi connectivity index (χ2n) is 5.62. The van der Waals surface area contributed by atoms with Crippen molar-refractivity contribution in [3.05, 3.63) is 76.3 Å². The zero-order valence-electron chi connectivity index (χ0n) is 13.2. The van der Waals surface area contributed by atoms with Gasteiger partial charge in [0.2, 0.25) is 0 Å². The van der Waals surface area contributed by atoms with Crippen LogP contribution in [0, 0.1) is 11.6 Å². The van der Waals surface area contributed by atoms with Gasteiger partial charge in [-0.05, 0) is 18.2 Å². The molecule has 1 atom stereocenters. The molecule has 3 aromatic rings. The molecule has 0 bridgehead atoms. The number of aromatic nitrogens is 2. The van der Waals surface area contributed by atoms with E-state index in [0.29, 0.717) is 5.56 Å². The summed E-state index contributed by atoms with van der Waals surface area (Å²) >= 11 is 0. The van der Waals surface area contributed by atoms with E-state index in [-0.39, 0.29) is 42.0 Å². The molecule has 5 nitrogen and oxygen atoms in total. The lowest BCUT2D eigenvalue weighted by molar-refractivity contribution is 0.0189. The third kappa shape index (κ3) is 4.07. The van der Waals surface area contributed by atoms with Gasteiger partial charge in [0, 0.05) is 11.6 Å². The number of rotatable bonds is 6. The number of aliphatic hydroxyl groups excluding tert-OH is 1. The molecule has 2 aromatic carbocycles. The Kier molecular flexibility index (Phi) is 5.16. The predicted octanol–water partition coefficient (Wildman–Crippen LogP) is 2.25. The molecule has 0 unspecified atom stereocenters. The molecule has 3 rings (SSSR count). The Morgan fingerprint density at radius 3 is 2.80 bits per heavy atom. The van der Waals surface area contributed by atoms with Gasteiger partial charge in [0.05, 0.1) is 43.1 Å². The van der Waals surface area contributed by atoms with Crippen molar-refractivity contribution in [1.82, 2.24) is 9.55 Å². The van der Waals surface area contributed by atoms with Gasteiger partial charge in [0.1, 0.15) is 11.6 Å². The molecule has 0 saturated carbocycles. The third-order valence-corrected chi connectivity index (χ3v) is 3.72. The lowest BCUT2D eigenvalue weighted by Crippen LogP contribution is -2.29. The highest BCUT2D eigenvalue weighted by molar-refractivity contribution is 5.77. The molecule has 0 saturated heterocycles. The molecule has 130 valence electrons. The summed E-state index contributed by atoms with van der Waals surface area (Å²) in [4.78, 5) is 16.3. The Morgan fingerprint density at radius 1 is 1.20 bits per heavy atom. The van der Waals surface area contributed by atoms with Crippen molar-refractivity contribution in [3.63, 3.8) is 0 Å². The molecule has 0 spiro atoms. The van der Waals surface area contributed by atoms with E-state index in [1.807, 2.05) is 0 Å². The van der Waals surface area contributed by atoms with Crippen LogP contribution in [0.15, 0.2) is 53.6 Å². The normalized spacial score (nSPS) is 12.4. The second-order valence-corrected chi connectivity index (χ2v) is 5.62. The van der Waals surface area contributed by atoms with Gasteiger partial charge in [-0.25, -0.2) is 13.8 Å². The SMILES string of the molecule is O=c1c2ccc(F)cc2ncn1C[C@@H](O)COCc1ccccc1F. The van der Waals surface area contributed by atoms with Crippen LogP contribution < -0.4 is 5.56 Å². The summed E-state index contributed by atoms with van der Waals surface area (Å²) in [7, 11) is 0. The summed E-state index contributed by atoms with van der Waals surface area (Å²) < 4.78 is 33.2. The maximum Gasteiger partial charge on any atom is 0.261 e. The molecule has 1 aromatic heterocycles. The van der Waals surface area contributed by atoms with Crippen LogP contribution >= 0.6 is 0 Å². The zero-order chi connectivity index (χ0) is 17.8. The van der Waals surface area contributed by atoms with E-state index in [1.54, 1.807) is 18.2 Å². The number of nitrogens with zero attached hydrogens (tertiary/aromatic N) is 2. The van der Waals surface area contributed by atoms with Crippen molar-refractivity contribution in [1.29, 1.82) is 0 Å². The molecular formula is C18H16F2N2O3. The number of ether oxygens (including phenoxy) is 1. The van der Waals surface area contributed by atoms with Crippen molar-refractivity contribution >= 4 is 10.9 Å². The molecule has 0 amide bonds. The van der Waals surface area contributed by atoms with Crippen LogP contribution in [-0.2, 0) is 17.9 Å². The molecule has 0 aliphatic heterocycles. The van der Waals surface area contributed by atoms with Crippen LogP contribution in [0.5, 0.6) is 0 Å². The first kappa shape index (κ1) is 17.2. The first-order valence-electron chi connectivity index (χ1n) is 7.68. The van der Waals surface area contributed by atoms with Crippen LogP contribution in [0.3, 0.4) is 0 Å². The Bertz CT molecular complexity index is 943. The summed E-state index contributed by atoms with van der Waals surface area (Å²) in [5.74, 6) is -0.849. The fourth-order valence-electron chi connectivity index (χ4n) is 2.46. The Morgan fingerprint density at radius 2 is 2.00 bits per heavy atom. The molecular weight excluding hydrogens is 330 g/mol. The van der Waals surface area contributed by atoms with Crippen molar-refractivity contribution in [2.24, 2.45) is 0 Å². The minimum atomic E-state index is -0.968. The van der Waals surface area contributed by atoms with Gasteiger partial charge in [0.25, 0.3) is 5.56 Å². The van der Waals surface area contributed by atoms with Crippen molar-refractivity contribution in [2.75, 3.05) is 6.61 Å². The molecule has 0 aliphatic carbocycles. The van der Waals surface area contributed by atoms with Crippen molar-refractivity contribution < 1.29 is 18.6 Å². The molecule has 0 radical (unpaired) electrons. The van der Waals surface area contributed by atoms with E-state index in [4.69, 9.17) is 4.74 Å². The highest BCUT2D eigenvalue weighted by Crippen LogP contribution is 2.10. The lowest BCUT2D eigenvalue weighted by atomic mass is 10.2. The van der Waals surface area contributed by atoms with Gasteiger partial charge < -0.3 is 9.84 Å². The van der Waals surface area contributed by atoms with Gasteiger partial charge in [-0.1, -0.05) is 18.2 Å². The smallest absolute Gasteiger partial charge is 0.261 e. The van der Waals surface area contributed by atoms with Crippen molar-refractivity contribution in [3.8, 4) is 0 Å². The van der Waals surface area contributed by atoms with E-state index in [0.717, 1.165) is 0 Å². The van der Waals surface area contributed by atoms with Crippen LogP contribution in [0.4, 0.5) is 8.78 Å². The van der Waals surface area contributed by atoms with E-state index in [1.165, 1.54) is 35.2 Å². The quantitative estimate of drug-likeness (QED) is 0.744. The number of hydrogen-bond acceptors (Lipinski definition) is 4. The van der Waals surface area contributed by atoms with Gasteiger partial charge in [-0.3, -0.25) is 9.36 Å². The summed E-state index contributed by atoms with van der Waals surface area (Å²) in [6.45, 7) is -0.0769. The average molecular weight is 346 g/mol. The number of hydrogen-bond donors (Lipinski definition) is 1. The number of benzene rings is 2. The molecule has 25 heavy (non-hydrogen) atoms. The summed E-state index contributed by atoms with van der Waals surface area (Å²) in [6.07, 6.45) is 0.286. The summed E-state index contributed by atoms with van der Waals surface area (Å²) in [5.41, 5.74) is 0.269. The predicted molar refractivity (Wildman–Crippen MR) is 88.0 cm³/mol. The number of fused-ring (bicyclic) bond motifs is 1. The Balaban J connectivity index is 1.63. The van der Waals surface area contributed by atoms with E-state index in [9.17, 15) is 18.7 Å². The fourth-order valence-corrected chi connectivity index (χ4v) is 2.46. The minimum absolute atomic E-state index is 0.0217. The first-order valence-corrected chi connectivity index (χ1v) is 7.68. The standard InChI is InChI=1S/C18H16F2N2O3/c19-13-5-6-15-17(7-13)21-11-22(18(15)24)8-14(23)10-25-9-12-3-1-2-4-16(12)20/h1-7,11,14,23H,8-10H2/t14-/m1/s1. The molecule has 0 fully saturated rings. The number of halogens is 2. The second kappa shape index (κ2) is 7.50. The largest absolute Gasteiger partial charge is 0.389 e. The van der Waals surface area contributed by atoms with Crippen LogP contribution in [0.2, 0.25) is 0 Å². The zero-order valence-corrected chi connectivity index (χ0v) is 13.2. The Hall–Kier alpha value is -2.64. The molecule has 1 N–H and O–H groups in total. The minimum Gasteiger partial charge on any atom is -0.389 e. The fraction of sp³-hybridized carbons (Fsp3) is 0.222. The van der Waals surface area contributed by atoms with Gasteiger partial charge in [-0.2, -0.15) is 0 Å². The highest BCUT2D eigenvalue weighted by atomic mass is 19.1. The highest BCUT2D eigenvalue weighted by Gasteiger charge is 2.11. The molecule has 1 heterocycles. The van der Waals surface area contributed by atoms with E-state index >= 15 is 0 Å². The monoisotopic (exact) mass is 346 g/mol. The van der Waals surface area contributed by atoms with E-state index < -0.39 is 11.9 Å². The van der Waals surface area contributed by atoms with E-state index in [2.05, 4.69) is 4.98 Å². The van der Waals surface area contributed by atoms with Gasteiger partial charge in [-0.15, -0.1) is 0 Å². The van der Waals surface area contributed by atoms with Gasteiger partial charge >= 0.3 is 0 Å². The first-order chi connectivity index (χ1) is 12.0. The Labute approximate surface area is 142 Å². The molecule has 7 heteroatoms. The molecule has 0 aliphatic rings. The maximum absolute atomic E-state index is 13.5. The topological polar surface area (TPSA) is 64.4 Å². The third-order valence-electron chi connectivity index (χ3n) is 3.72. The van der Waals surface area contributed by atoms with Crippen LogP contribution in [-0.4, -0.2) is 27.4 Å². The van der Waals surface area contributed by atoms with Gasteiger partial charge in [0.15, 0.2) is 0 Å². The number of aliphatic hydroxyl groups is 1. The summed E-state index contributed by atoms with van der Waals surface area (Å²) in [5, 5.41) is 10.3. The average Bonchev–Trinajstić information content (AvgIpc) is 2.59. The van der Waals surface area contributed by atoms with Crippen molar-refractivity contribution in [2.45, 2.75) is 19.3 Å². The summed E-state index contributed by atoms with van der Waals surface area (Å²) in [6, 6.07) is 9.92. The lowest BCUT2D eigenvalue weighted by Gasteiger charge is -2.13.